The van der Waals surface area contributed by atoms with Crippen LogP contribution in [0.5, 0.6) is 6.01 Å². The average Bonchev–Trinajstić information content (AvgIpc) is 2.72. The number of carboxylic acids is 1. The number of ether oxygens (including phenoxy) is 1. The van der Waals surface area contributed by atoms with E-state index in [1.807, 2.05) is 6.92 Å². The highest BCUT2D eigenvalue weighted by Gasteiger charge is 2.16. The van der Waals surface area contributed by atoms with Crippen molar-refractivity contribution >= 4 is 17.7 Å². The number of nitrogens with zero attached hydrogens (tertiary/aromatic N) is 4. The Labute approximate surface area is 171 Å². The normalized spacial score (nSPS) is 11.8. The molecule has 1 atom stereocenters. The van der Waals surface area contributed by atoms with Crippen molar-refractivity contribution in [2.45, 2.75) is 57.8 Å². The van der Waals surface area contributed by atoms with Crippen molar-refractivity contribution in [3.63, 3.8) is 0 Å². The molecule has 0 aliphatic rings. The zero-order valence-electron chi connectivity index (χ0n) is 17.3. The lowest BCUT2D eigenvalue weighted by Crippen LogP contribution is -2.08. The first-order valence-electron chi connectivity index (χ1n) is 9.83. The maximum atomic E-state index is 11.2. The third-order valence-corrected chi connectivity index (χ3v) is 4.95. The Hall–Kier alpha value is -2.97. The van der Waals surface area contributed by atoms with Crippen LogP contribution in [-0.4, -0.2) is 45.2 Å². The van der Waals surface area contributed by atoms with Crippen LogP contribution in [0.3, 0.4) is 0 Å². The summed E-state index contributed by atoms with van der Waals surface area (Å²) in [4.78, 5) is 28.1. The number of nitrogens with two attached hydrogens (primary N) is 1. The molecule has 2 aromatic heterocycles. The lowest BCUT2D eigenvalue weighted by molar-refractivity contribution is -0.137. The zero-order chi connectivity index (χ0) is 21.2. The van der Waals surface area contributed by atoms with Gasteiger partial charge in [-0.15, -0.1) is 0 Å². The number of aromatic nitrogens is 4. The van der Waals surface area contributed by atoms with E-state index in [9.17, 15) is 9.90 Å². The fraction of sp³-hybridized carbons (Fsp3) is 0.550. The Morgan fingerprint density at radius 3 is 2.52 bits per heavy atom. The second-order valence-electron chi connectivity index (χ2n) is 7.00. The highest BCUT2D eigenvalue weighted by molar-refractivity contribution is 5.68. The van der Waals surface area contributed by atoms with Gasteiger partial charge >= 0.3 is 12.0 Å². The molecule has 1 unspecified atom stereocenters. The Balaban J connectivity index is 1.81. The van der Waals surface area contributed by atoms with Gasteiger partial charge in [-0.3, -0.25) is 4.79 Å². The van der Waals surface area contributed by atoms with Crippen LogP contribution in [0, 0.1) is 6.92 Å². The molecule has 158 valence electrons. The molecule has 29 heavy (non-hydrogen) atoms. The topological polar surface area (TPSA) is 136 Å². The summed E-state index contributed by atoms with van der Waals surface area (Å²) in [5, 5.41) is 12.1. The van der Waals surface area contributed by atoms with Gasteiger partial charge in [0.15, 0.2) is 0 Å². The second kappa shape index (κ2) is 11.1. The molecular formula is C20H30N6O3. The molecule has 0 saturated heterocycles. The summed E-state index contributed by atoms with van der Waals surface area (Å²) in [6, 6.07) is 0.282. The summed E-state index contributed by atoms with van der Waals surface area (Å²) < 4.78 is 4.96. The van der Waals surface area contributed by atoms with Crippen LogP contribution in [0.4, 0.5) is 11.8 Å². The highest BCUT2D eigenvalue weighted by Crippen LogP contribution is 2.26. The number of rotatable bonds is 12. The minimum absolute atomic E-state index is 0.0713. The molecule has 0 radical (unpaired) electrons. The largest absolute Gasteiger partial charge is 0.481 e. The maximum absolute atomic E-state index is 11.2. The van der Waals surface area contributed by atoms with Gasteiger partial charge in [0.2, 0.25) is 5.95 Å². The lowest BCUT2D eigenvalue weighted by Gasteiger charge is -2.15. The number of hydrogen-bond acceptors (Lipinski definition) is 8. The number of hydrogen-bond donors (Lipinski definition) is 3. The minimum atomic E-state index is -0.817. The van der Waals surface area contributed by atoms with E-state index >= 15 is 0 Å². The highest BCUT2D eigenvalue weighted by atomic mass is 16.5. The maximum Gasteiger partial charge on any atom is 0.316 e. The number of unbranched alkanes of at least 4 members (excludes halogenated alkanes) is 3. The van der Waals surface area contributed by atoms with Crippen LogP contribution >= 0.6 is 0 Å². The molecule has 2 rings (SSSR count). The van der Waals surface area contributed by atoms with Gasteiger partial charge in [-0.25, -0.2) is 15.0 Å². The molecule has 2 aromatic rings. The van der Waals surface area contributed by atoms with Gasteiger partial charge in [-0.1, -0.05) is 19.3 Å². The van der Waals surface area contributed by atoms with Crippen molar-refractivity contribution in [3.05, 3.63) is 29.2 Å². The van der Waals surface area contributed by atoms with E-state index < -0.39 is 5.97 Å². The molecule has 0 bridgehead atoms. The monoisotopic (exact) mass is 402 g/mol. The molecule has 0 fully saturated rings. The summed E-state index contributed by atoms with van der Waals surface area (Å²) in [6.07, 6.45) is 9.00. The zero-order valence-corrected chi connectivity index (χ0v) is 17.3. The fourth-order valence-corrected chi connectivity index (χ4v) is 3.21. The number of nitrogens with one attached hydrogen (secondary N) is 1. The van der Waals surface area contributed by atoms with Crippen molar-refractivity contribution < 1.29 is 14.6 Å². The van der Waals surface area contributed by atoms with Crippen LogP contribution < -0.4 is 15.8 Å². The van der Waals surface area contributed by atoms with E-state index in [-0.39, 0.29) is 18.3 Å². The standard InChI is InChI=1S/C20H30N6O3/c1-13-16(25-19(22-2)26-18(13)21)9-7-5-4-6-8-14(10-17(27)28)15-11-23-20(29-3)24-12-15/h11-12,14H,4-10H2,1-3H3,(H,27,28)(H3,21,22,25,26). The summed E-state index contributed by atoms with van der Waals surface area (Å²) >= 11 is 0. The number of carbonyl (C=O) groups is 1. The number of carboxylic acid groups (broad SMARTS) is 1. The van der Waals surface area contributed by atoms with Crippen LogP contribution in [0.2, 0.25) is 0 Å². The van der Waals surface area contributed by atoms with Crippen LogP contribution in [-0.2, 0) is 11.2 Å². The van der Waals surface area contributed by atoms with Gasteiger partial charge < -0.3 is 20.9 Å². The van der Waals surface area contributed by atoms with Crippen LogP contribution in [0.25, 0.3) is 0 Å². The fourth-order valence-electron chi connectivity index (χ4n) is 3.21. The molecule has 0 amide bonds. The van der Waals surface area contributed by atoms with E-state index in [4.69, 9.17) is 10.5 Å². The predicted octanol–water partition coefficient (Wildman–Crippen LogP) is 2.96. The van der Waals surface area contributed by atoms with E-state index in [0.717, 1.165) is 55.3 Å². The quantitative estimate of drug-likeness (QED) is 0.458. The molecule has 9 nitrogen and oxygen atoms in total. The number of nitrogen functional groups attached to an aromatic ring is 1. The molecule has 0 spiro atoms. The first kappa shape index (κ1) is 22.3. The van der Waals surface area contributed by atoms with E-state index in [1.165, 1.54) is 7.11 Å². The van der Waals surface area contributed by atoms with Gasteiger partial charge in [-0.05, 0) is 37.7 Å². The first-order valence-corrected chi connectivity index (χ1v) is 9.83. The van der Waals surface area contributed by atoms with E-state index in [1.54, 1.807) is 19.4 Å². The Morgan fingerprint density at radius 1 is 1.21 bits per heavy atom. The summed E-state index contributed by atoms with van der Waals surface area (Å²) in [5.74, 6) is 0.141. The van der Waals surface area contributed by atoms with Gasteiger partial charge in [0.05, 0.1) is 19.2 Å². The van der Waals surface area contributed by atoms with Crippen molar-refractivity contribution in [1.82, 2.24) is 19.9 Å². The molecule has 0 saturated carbocycles. The molecule has 2 heterocycles. The molecule has 0 aromatic carbocycles. The molecule has 9 heteroatoms. The van der Waals surface area contributed by atoms with Gasteiger partial charge in [0.25, 0.3) is 0 Å². The van der Waals surface area contributed by atoms with Gasteiger partial charge in [0, 0.05) is 25.0 Å². The van der Waals surface area contributed by atoms with Crippen LogP contribution in [0.15, 0.2) is 12.4 Å². The summed E-state index contributed by atoms with van der Waals surface area (Å²) in [5.41, 5.74) is 8.68. The average molecular weight is 402 g/mol. The van der Waals surface area contributed by atoms with Crippen molar-refractivity contribution in [2.75, 3.05) is 25.2 Å². The Bertz CT molecular complexity index is 798. The minimum Gasteiger partial charge on any atom is -0.481 e. The molecule has 4 N–H and O–H groups in total. The van der Waals surface area contributed by atoms with Gasteiger partial charge in [0.1, 0.15) is 5.82 Å². The van der Waals surface area contributed by atoms with E-state index in [0.29, 0.717) is 11.8 Å². The SMILES string of the molecule is CNc1nc(N)c(C)c(CCCCCCC(CC(=O)O)c2cnc(OC)nc2)n1. The molecule has 0 aliphatic heterocycles. The Kier molecular flexibility index (Phi) is 8.57. The van der Waals surface area contributed by atoms with Crippen LogP contribution in [0.1, 0.15) is 61.3 Å². The predicted molar refractivity (Wildman–Crippen MR) is 111 cm³/mol. The smallest absolute Gasteiger partial charge is 0.316 e. The number of methoxy groups -OCH3 is 1. The summed E-state index contributed by atoms with van der Waals surface area (Å²) in [6.45, 7) is 1.94. The van der Waals surface area contributed by atoms with Crippen molar-refractivity contribution in [2.24, 2.45) is 0 Å². The third-order valence-electron chi connectivity index (χ3n) is 4.95. The lowest BCUT2D eigenvalue weighted by atomic mass is 9.92. The molecule has 0 aliphatic carbocycles. The van der Waals surface area contributed by atoms with Gasteiger partial charge in [-0.2, -0.15) is 4.98 Å². The number of anilines is 2. The second-order valence-corrected chi connectivity index (χ2v) is 7.00. The summed E-state index contributed by atoms with van der Waals surface area (Å²) in [7, 11) is 3.27. The number of aliphatic carboxylic acids is 1. The first-order chi connectivity index (χ1) is 13.9. The van der Waals surface area contributed by atoms with E-state index in [2.05, 4.69) is 25.3 Å². The Morgan fingerprint density at radius 2 is 1.90 bits per heavy atom. The van der Waals surface area contributed by atoms with Crippen molar-refractivity contribution in [3.8, 4) is 6.01 Å². The molecular weight excluding hydrogens is 372 g/mol. The number of aryl methyl sites for hydroxylation is 1. The third kappa shape index (κ3) is 6.85. The van der Waals surface area contributed by atoms with Crippen molar-refractivity contribution in [1.29, 1.82) is 0 Å².